The normalized spacial score (nSPS) is 15.4. The number of nitrogens with two attached hydrogens (primary N) is 1. The van der Waals surface area contributed by atoms with Gasteiger partial charge in [0.05, 0.1) is 0 Å². The van der Waals surface area contributed by atoms with Crippen molar-refractivity contribution in [1.29, 1.82) is 0 Å². The summed E-state index contributed by atoms with van der Waals surface area (Å²) in [5.74, 6) is 7.30. The lowest BCUT2D eigenvalue weighted by molar-refractivity contribution is 0.567. The number of anilines is 3. The van der Waals surface area contributed by atoms with E-state index in [0.29, 0.717) is 11.9 Å². The first-order chi connectivity index (χ1) is 9.28. The lowest BCUT2D eigenvalue weighted by Crippen LogP contribution is -2.33. The molecule has 0 saturated carbocycles. The fraction of sp³-hybridized carbons (Fsp3) is 0.750. The molecule has 0 radical (unpaired) electrons. The van der Waals surface area contributed by atoms with Gasteiger partial charge in [0.1, 0.15) is 0 Å². The molecule has 1 fully saturated rings. The first-order valence-electron chi connectivity index (χ1n) is 7.01. The summed E-state index contributed by atoms with van der Waals surface area (Å²) in [5, 5.41) is 0. The van der Waals surface area contributed by atoms with E-state index in [1.54, 1.807) is 0 Å². The predicted molar refractivity (Wildman–Crippen MR) is 77.3 cm³/mol. The Morgan fingerprint density at radius 2 is 1.79 bits per heavy atom. The summed E-state index contributed by atoms with van der Waals surface area (Å²) in [6.45, 7) is 7.91. The lowest BCUT2D eigenvalue weighted by atomic mass is 10.1. The number of hydrazine groups is 1. The topological polar surface area (TPSA) is 83.2 Å². The molecule has 0 aromatic carbocycles. The molecule has 1 aliphatic heterocycles. The molecule has 1 aliphatic rings. The van der Waals surface area contributed by atoms with E-state index in [0.717, 1.165) is 32.1 Å². The summed E-state index contributed by atoms with van der Waals surface area (Å²) in [6, 6.07) is 0. The molecule has 2 rings (SSSR count). The first-order valence-corrected chi connectivity index (χ1v) is 7.01. The van der Waals surface area contributed by atoms with E-state index in [2.05, 4.69) is 44.0 Å². The molecule has 7 heteroatoms. The smallest absolute Gasteiger partial charge is 0.243 e. The minimum absolute atomic E-state index is 0.428. The molecule has 0 atom stereocenters. The summed E-state index contributed by atoms with van der Waals surface area (Å²) >= 11 is 0. The van der Waals surface area contributed by atoms with Crippen molar-refractivity contribution >= 4 is 17.8 Å². The number of piperidine rings is 1. The molecule has 1 aromatic heterocycles. The van der Waals surface area contributed by atoms with E-state index in [9.17, 15) is 0 Å². The number of aromatic nitrogens is 3. The van der Waals surface area contributed by atoms with Gasteiger partial charge in [-0.25, -0.2) is 5.84 Å². The van der Waals surface area contributed by atoms with E-state index in [4.69, 9.17) is 5.84 Å². The number of nitrogen functional groups attached to an aromatic ring is 1. The van der Waals surface area contributed by atoms with Gasteiger partial charge in [-0.3, -0.25) is 5.43 Å². The Hall–Kier alpha value is -1.63. The number of hydrogen-bond acceptors (Lipinski definition) is 7. The standard InChI is InChI=1S/C12H23N7/c1-3-18(4-2)11-14-10(17-13)15-12(16-11)19-8-6-5-7-9-19/h3-9,13H2,1-2H3,(H,14,15,16,17). The lowest BCUT2D eigenvalue weighted by Gasteiger charge is -2.28. The van der Waals surface area contributed by atoms with Crippen molar-refractivity contribution in [3.8, 4) is 0 Å². The molecule has 3 N–H and O–H groups in total. The summed E-state index contributed by atoms with van der Waals surface area (Å²) in [5.41, 5.74) is 2.53. The Kier molecular flexibility index (Phi) is 4.73. The first kappa shape index (κ1) is 13.8. The summed E-state index contributed by atoms with van der Waals surface area (Å²) in [6.07, 6.45) is 3.67. The second-order valence-corrected chi connectivity index (χ2v) is 4.62. The molecular formula is C12H23N7. The van der Waals surface area contributed by atoms with Crippen LogP contribution in [0.5, 0.6) is 0 Å². The molecule has 0 unspecified atom stereocenters. The van der Waals surface area contributed by atoms with Gasteiger partial charge in [0.2, 0.25) is 17.8 Å². The quantitative estimate of drug-likeness (QED) is 0.607. The van der Waals surface area contributed by atoms with Crippen molar-refractivity contribution in [3.63, 3.8) is 0 Å². The zero-order valence-electron chi connectivity index (χ0n) is 11.8. The van der Waals surface area contributed by atoms with Crippen LogP contribution in [-0.4, -0.2) is 41.1 Å². The highest BCUT2D eigenvalue weighted by Crippen LogP contribution is 2.19. The van der Waals surface area contributed by atoms with Gasteiger partial charge >= 0.3 is 0 Å². The van der Waals surface area contributed by atoms with Gasteiger partial charge in [0.15, 0.2) is 0 Å². The van der Waals surface area contributed by atoms with E-state index < -0.39 is 0 Å². The molecule has 1 saturated heterocycles. The fourth-order valence-corrected chi connectivity index (χ4v) is 2.30. The number of nitrogens with one attached hydrogen (secondary N) is 1. The van der Waals surface area contributed by atoms with Gasteiger partial charge in [-0.15, -0.1) is 0 Å². The van der Waals surface area contributed by atoms with E-state index in [-0.39, 0.29) is 0 Å². The van der Waals surface area contributed by atoms with Crippen LogP contribution in [0.4, 0.5) is 17.8 Å². The molecule has 1 aromatic rings. The number of nitrogens with zero attached hydrogens (tertiary/aromatic N) is 5. The highest BCUT2D eigenvalue weighted by molar-refractivity contribution is 5.44. The van der Waals surface area contributed by atoms with Crippen LogP contribution in [0.3, 0.4) is 0 Å². The largest absolute Gasteiger partial charge is 0.341 e. The van der Waals surface area contributed by atoms with Crippen LogP contribution in [0, 0.1) is 0 Å². The van der Waals surface area contributed by atoms with E-state index in [1.807, 2.05) is 0 Å². The fourth-order valence-electron chi connectivity index (χ4n) is 2.30. The molecule has 0 spiro atoms. The van der Waals surface area contributed by atoms with Crippen molar-refractivity contribution < 1.29 is 0 Å². The van der Waals surface area contributed by atoms with Crippen molar-refractivity contribution in [1.82, 2.24) is 15.0 Å². The Balaban J connectivity index is 2.29. The Labute approximate surface area is 114 Å². The maximum atomic E-state index is 5.46. The second-order valence-electron chi connectivity index (χ2n) is 4.62. The third-order valence-electron chi connectivity index (χ3n) is 3.43. The molecule has 0 aliphatic carbocycles. The van der Waals surface area contributed by atoms with Gasteiger partial charge in [0.25, 0.3) is 0 Å². The number of rotatable bonds is 5. The van der Waals surface area contributed by atoms with Crippen LogP contribution in [0.25, 0.3) is 0 Å². The summed E-state index contributed by atoms with van der Waals surface area (Å²) < 4.78 is 0. The third-order valence-corrected chi connectivity index (χ3v) is 3.43. The molecule has 19 heavy (non-hydrogen) atoms. The van der Waals surface area contributed by atoms with Crippen molar-refractivity contribution in [2.45, 2.75) is 33.1 Å². The predicted octanol–water partition coefficient (Wildman–Crippen LogP) is 0.994. The zero-order chi connectivity index (χ0) is 13.7. The van der Waals surface area contributed by atoms with Crippen LogP contribution in [0.1, 0.15) is 33.1 Å². The van der Waals surface area contributed by atoms with Gasteiger partial charge in [-0.05, 0) is 33.1 Å². The zero-order valence-corrected chi connectivity index (χ0v) is 11.8. The van der Waals surface area contributed by atoms with Gasteiger partial charge in [0, 0.05) is 26.2 Å². The maximum absolute atomic E-state index is 5.46. The summed E-state index contributed by atoms with van der Waals surface area (Å²) in [7, 11) is 0. The molecule has 2 heterocycles. The average Bonchev–Trinajstić information content (AvgIpc) is 2.49. The van der Waals surface area contributed by atoms with E-state index >= 15 is 0 Å². The number of hydrogen-bond donors (Lipinski definition) is 2. The minimum Gasteiger partial charge on any atom is -0.341 e. The highest BCUT2D eigenvalue weighted by Gasteiger charge is 2.17. The molecule has 106 valence electrons. The SMILES string of the molecule is CCN(CC)c1nc(NN)nc(N2CCCCC2)n1. The van der Waals surface area contributed by atoms with Crippen LogP contribution < -0.4 is 21.1 Å². The van der Waals surface area contributed by atoms with Gasteiger partial charge in [-0.1, -0.05) is 0 Å². The highest BCUT2D eigenvalue weighted by atomic mass is 15.4. The summed E-state index contributed by atoms with van der Waals surface area (Å²) in [4.78, 5) is 17.6. The van der Waals surface area contributed by atoms with Crippen molar-refractivity contribution in [2.75, 3.05) is 41.4 Å². The Bertz CT molecular complexity index is 399. The monoisotopic (exact) mass is 265 g/mol. The van der Waals surface area contributed by atoms with Crippen molar-refractivity contribution in [3.05, 3.63) is 0 Å². The van der Waals surface area contributed by atoms with Gasteiger partial charge in [-0.2, -0.15) is 15.0 Å². The Morgan fingerprint density at radius 1 is 1.11 bits per heavy atom. The maximum Gasteiger partial charge on any atom is 0.243 e. The van der Waals surface area contributed by atoms with Crippen molar-refractivity contribution in [2.24, 2.45) is 5.84 Å². The van der Waals surface area contributed by atoms with Crippen LogP contribution in [0.15, 0.2) is 0 Å². The van der Waals surface area contributed by atoms with Gasteiger partial charge < -0.3 is 9.80 Å². The Morgan fingerprint density at radius 3 is 2.37 bits per heavy atom. The molecule has 0 amide bonds. The minimum atomic E-state index is 0.428. The van der Waals surface area contributed by atoms with Crippen LogP contribution >= 0.6 is 0 Å². The third kappa shape index (κ3) is 3.23. The van der Waals surface area contributed by atoms with E-state index in [1.165, 1.54) is 19.3 Å². The average molecular weight is 265 g/mol. The molecule has 0 bridgehead atoms. The second kappa shape index (κ2) is 6.51. The van der Waals surface area contributed by atoms with Crippen LogP contribution in [-0.2, 0) is 0 Å². The molecular weight excluding hydrogens is 242 g/mol. The molecule has 7 nitrogen and oxygen atoms in total. The van der Waals surface area contributed by atoms with Crippen LogP contribution in [0.2, 0.25) is 0 Å².